The van der Waals surface area contributed by atoms with Gasteiger partial charge in [0.1, 0.15) is 5.76 Å². The van der Waals surface area contributed by atoms with Gasteiger partial charge in [0.2, 0.25) is 5.89 Å². The molecule has 0 amide bonds. The minimum absolute atomic E-state index is 0.528. The highest BCUT2D eigenvalue weighted by Crippen LogP contribution is 2.19. The third-order valence-corrected chi connectivity index (χ3v) is 4.69. The molecular formula is C19H24N4O. The van der Waals surface area contributed by atoms with Crippen LogP contribution in [-0.4, -0.2) is 41.0 Å². The zero-order chi connectivity index (χ0) is 16.9. The summed E-state index contributed by atoms with van der Waals surface area (Å²) in [6.45, 7) is 5.93. The normalized spacial score (nSPS) is 18.2. The number of hydrogen-bond acceptors (Lipinski definition) is 5. The highest BCUT2D eigenvalue weighted by atomic mass is 16.4. The van der Waals surface area contributed by atoms with Gasteiger partial charge in [-0.3, -0.25) is 9.80 Å². The van der Waals surface area contributed by atoms with Crippen molar-refractivity contribution in [1.82, 2.24) is 14.8 Å². The molecule has 2 aromatic rings. The lowest BCUT2D eigenvalue weighted by Crippen LogP contribution is -2.34. The molecule has 2 heterocycles. The van der Waals surface area contributed by atoms with Gasteiger partial charge < -0.3 is 4.42 Å². The lowest BCUT2D eigenvalue weighted by atomic mass is 10.1. The lowest BCUT2D eigenvalue weighted by Gasteiger charge is -2.23. The van der Waals surface area contributed by atoms with Gasteiger partial charge in [0, 0.05) is 32.1 Å². The van der Waals surface area contributed by atoms with Gasteiger partial charge in [-0.25, -0.2) is 4.98 Å². The summed E-state index contributed by atoms with van der Waals surface area (Å²) in [6, 6.07) is 10.6. The van der Waals surface area contributed by atoms with E-state index < -0.39 is 0 Å². The van der Waals surface area contributed by atoms with Gasteiger partial charge in [0.05, 0.1) is 24.4 Å². The molecule has 0 saturated carbocycles. The van der Waals surface area contributed by atoms with Gasteiger partial charge in [0.25, 0.3) is 0 Å². The quantitative estimate of drug-likeness (QED) is 0.818. The van der Waals surface area contributed by atoms with E-state index >= 15 is 0 Å². The second kappa shape index (κ2) is 7.61. The number of hydrogen-bond donors (Lipinski definition) is 0. The molecule has 0 radical (unpaired) electrons. The highest BCUT2D eigenvalue weighted by molar-refractivity contribution is 5.31. The second-order valence-electron chi connectivity index (χ2n) is 6.48. The van der Waals surface area contributed by atoms with Crippen molar-refractivity contribution < 1.29 is 4.42 Å². The molecule has 0 aliphatic carbocycles. The van der Waals surface area contributed by atoms with Gasteiger partial charge in [-0.15, -0.1) is 0 Å². The summed E-state index contributed by atoms with van der Waals surface area (Å²) < 4.78 is 5.71. The van der Waals surface area contributed by atoms with Crippen LogP contribution >= 0.6 is 0 Å². The summed E-state index contributed by atoms with van der Waals surface area (Å²) >= 11 is 0. The van der Waals surface area contributed by atoms with Crippen LogP contribution in [0.25, 0.3) is 0 Å². The fraction of sp³-hybridized carbons (Fsp3) is 0.474. The van der Waals surface area contributed by atoms with E-state index in [4.69, 9.17) is 9.68 Å². The molecule has 0 N–H and O–H groups in total. The summed E-state index contributed by atoms with van der Waals surface area (Å²) in [5.41, 5.74) is 1.98. The minimum Gasteiger partial charge on any atom is -0.444 e. The van der Waals surface area contributed by atoms with Crippen molar-refractivity contribution in [1.29, 1.82) is 5.26 Å². The first-order valence-corrected chi connectivity index (χ1v) is 8.53. The molecule has 1 atom stereocenters. The van der Waals surface area contributed by atoms with Crippen LogP contribution in [0.3, 0.4) is 0 Å². The molecule has 1 aliphatic heterocycles. The summed E-state index contributed by atoms with van der Waals surface area (Å²) in [5, 5.41) is 8.87. The van der Waals surface area contributed by atoms with Crippen molar-refractivity contribution in [2.24, 2.45) is 0 Å². The van der Waals surface area contributed by atoms with E-state index in [0.717, 1.165) is 56.2 Å². The molecule has 126 valence electrons. The van der Waals surface area contributed by atoms with Crippen molar-refractivity contribution in [2.75, 3.05) is 20.1 Å². The lowest BCUT2D eigenvalue weighted by molar-refractivity contribution is 0.204. The van der Waals surface area contributed by atoms with Crippen LogP contribution in [0.15, 0.2) is 34.9 Å². The highest BCUT2D eigenvalue weighted by Gasteiger charge is 2.26. The smallest absolute Gasteiger partial charge is 0.208 e. The molecule has 1 aromatic heterocycles. The topological polar surface area (TPSA) is 56.3 Å². The van der Waals surface area contributed by atoms with Crippen molar-refractivity contribution in [2.45, 2.75) is 38.9 Å². The Kier molecular flexibility index (Phi) is 5.29. The molecule has 1 fully saturated rings. The van der Waals surface area contributed by atoms with Crippen molar-refractivity contribution in [3.05, 3.63) is 53.2 Å². The minimum atomic E-state index is 0.528. The number of benzene rings is 1. The Bertz CT molecular complexity index is 701. The maximum atomic E-state index is 8.87. The third kappa shape index (κ3) is 4.02. The van der Waals surface area contributed by atoms with Gasteiger partial charge in [-0.2, -0.15) is 5.26 Å². The summed E-state index contributed by atoms with van der Waals surface area (Å²) in [5.74, 6) is 1.76. The van der Waals surface area contributed by atoms with E-state index in [-0.39, 0.29) is 0 Å². The maximum Gasteiger partial charge on any atom is 0.208 e. The number of aromatic nitrogens is 1. The van der Waals surface area contributed by atoms with Crippen LogP contribution in [-0.2, 0) is 19.5 Å². The average Bonchev–Trinajstić information content (AvgIpc) is 3.25. The summed E-state index contributed by atoms with van der Waals surface area (Å²) in [7, 11) is 2.14. The standard InChI is InChI=1S/C19H24N4O/c1-3-18-11-21-19(24-18)14-22(2)17-8-9-23(13-17)12-16-6-4-15(10-20)5-7-16/h4-7,11,17H,3,8-9,12-14H2,1-2H3. The van der Waals surface area contributed by atoms with Gasteiger partial charge >= 0.3 is 0 Å². The Balaban J connectivity index is 1.51. The molecule has 0 spiro atoms. The fourth-order valence-corrected chi connectivity index (χ4v) is 3.19. The van der Waals surface area contributed by atoms with Gasteiger partial charge in [0.15, 0.2) is 0 Å². The zero-order valence-corrected chi connectivity index (χ0v) is 14.4. The van der Waals surface area contributed by atoms with Crippen LogP contribution in [0.2, 0.25) is 0 Å². The van der Waals surface area contributed by atoms with Crippen LogP contribution in [0, 0.1) is 11.3 Å². The SMILES string of the molecule is CCc1cnc(CN(C)C2CCN(Cc3ccc(C#N)cc3)C2)o1. The molecular weight excluding hydrogens is 300 g/mol. The molecule has 1 saturated heterocycles. The van der Waals surface area contributed by atoms with Crippen molar-refractivity contribution in [3.63, 3.8) is 0 Å². The van der Waals surface area contributed by atoms with Gasteiger partial charge in [-0.1, -0.05) is 19.1 Å². The Labute approximate surface area is 143 Å². The molecule has 0 bridgehead atoms. The fourth-order valence-electron chi connectivity index (χ4n) is 3.19. The zero-order valence-electron chi connectivity index (χ0n) is 14.4. The monoisotopic (exact) mass is 324 g/mol. The first kappa shape index (κ1) is 16.7. The summed E-state index contributed by atoms with van der Waals surface area (Å²) in [6.07, 6.45) is 3.88. The molecule has 5 heteroatoms. The van der Waals surface area contributed by atoms with E-state index in [1.54, 1.807) is 0 Å². The number of aryl methyl sites for hydroxylation is 1. The first-order chi connectivity index (χ1) is 11.7. The molecule has 24 heavy (non-hydrogen) atoms. The Morgan fingerprint density at radius 2 is 2.17 bits per heavy atom. The van der Waals surface area contributed by atoms with Crippen LogP contribution in [0.1, 0.15) is 36.1 Å². The first-order valence-electron chi connectivity index (χ1n) is 8.53. The predicted molar refractivity (Wildman–Crippen MR) is 92.2 cm³/mol. The van der Waals surface area contributed by atoms with Crippen molar-refractivity contribution in [3.8, 4) is 6.07 Å². The van der Waals surface area contributed by atoms with E-state index in [2.05, 4.69) is 47.0 Å². The molecule has 3 rings (SSSR count). The van der Waals surface area contributed by atoms with E-state index in [9.17, 15) is 0 Å². The number of likely N-dealkylation sites (tertiary alicyclic amines) is 1. The Hall–Kier alpha value is -2.16. The largest absolute Gasteiger partial charge is 0.444 e. The molecule has 1 aromatic carbocycles. The van der Waals surface area contributed by atoms with Crippen LogP contribution in [0.5, 0.6) is 0 Å². The number of rotatable bonds is 6. The van der Waals surface area contributed by atoms with Gasteiger partial charge in [-0.05, 0) is 31.2 Å². The number of nitrogens with zero attached hydrogens (tertiary/aromatic N) is 4. The molecule has 5 nitrogen and oxygen atoms in total. The summed E-state index contributed by atoms with van der Waals surface area (Å²) in [4.78, 5) is 9.16. The third-order valence-electron chi connectivity index (χ3n) is 4.69. The molecule has 1 unspecified atom stereocenters. The van der Waals surface area contributed by atoms with E-state index in [0.29, 0.717) is 6.04 Å². The maximum absolute atomic E-state index is 8.87. The molecule has 1 aliphatic rings. The van der Waals surface area contributed by atoms with E-state index in [1.165, 1.54) is 5.56 Å². The van der Waals surface area contributed by atoms with Crippen LogP contribution < -0.4 is 0 Å². The van der Waals surface area contributed by atoms with Crippen LogP contribution in [0.4, 0.5) is 0 Å². The average molecular weight is 324 g/mol. The Morgan fingerprint density at radius 3 is 2.83 bits per heavy atom. The van der Waals surface area contributed by atoms with E-state index in [1.807, 2.05) is 18.3 Å². The number of oxazole rings is 1. The Morgan fingerprint density at radius 1 is 1.38 bits per heavy atom. The second-order valence-corrected chi connectivity index (χ2v) is 6.48. The number of likely N-dealkylation sites (N-methyl/N-ethyl adjacent to an activating group) is 1. The predicted octanol–water partition coefficient (Wildman–Crippen LogP) is 2.81. The van der Waals surface area contributed by atoms with Crippen molar-refractivity contribution >= 4 is 0 Å². The number of nitriles is 1.